The van der Waals surface area contributed by atoms with Crippen LogP contribution < -0.4 is 0 Å². The molecule has 0 aromatic rings. The van der Waals surface area contributed by atoms with Gasteiger partial charge in [0.2, 0.25) is 0 Å². The number of rotatable bonds is 2. The third-order valence-corrected chi connectivity index (χ3v) is 0.444. The maximum atomic E-state index is 9.33. The molecule has 0 rings (SSSR count). The fraction of sp³-hybridized carbons (Fsp3) is 1.00. The number of nitrogens with zero attached hydrogens (tertiary/aromatic N) is 1. The highest BCUT2D eigenvalue weighted by atomic mass is 16.3. The van der Waals surface area contributed by atoms with Crippen LogP contribution in [0.25, 0.3) is 0 Å². The Morgan fingerprint density at radius 1 is 2.00 bits per heavy atom. The van der Waals surface area contributed by atoms with Crippen molar-refractivity contribution in [2.24, 2.45) is 5.18 Å². The second-order valence-corrected chi connectivity index (χ2v) is 1.14. The van der Waals surface area contributed by atoms with Gasteiger partial charge in [-0.25, -0.2) is 0 Å². The second-order valence-electron chi connectivity index (χ2n) is 1.14. The van der Waals surface area contributed by atoms with E-state index in [0.717, 1.165) is 0 Å². The van der Waals surface area contributed by atoms with Crippen molar-refractivity contribution >= 4 is 0 Å². The molecule has 0 saturated heterocycles. The molecule has 0 aromatic heterocycles. The summed E-state index contributed by atoms with van der Waals surface area (Å²) in [5.41, 5.74) is 0. The van der Waals surface area contributed by atoms with Gasteiger partial charge < -0.3 is 5.11 Å². The highest BCUT2D eigenvalue weighted by Gasteiger charge is 1.91. The van der Waals surface area contributed by atoms with Gasteiger partial charge in [-0.15, -0.1) is 0 Å². The second kappa shape index (κ2) is 2.78. The molecule has 36 valence electrons. The molecule has 0 bridgehead atoms. The van der Waals surface area contributed by atoms with Crippen LogP contribution in [0.1, 0.15) is 6.92 Å². The van der Waals surface area contributed by atoms with Gasteiger partial charge in [-0.05, 0) is 6.92 Å². The van der Waals surface area contributed by atoms with E-state index in [1.165, 1.54) is 0 Å². The van der Waals surface area contributed by atoms with E-state index in [4.69, 9.17) is 5.11 Å². The van der Waals surface area contributed by atoms with Crippen LogP contribution in [0, 0.1) is 4.91 Å². The summed E-state index contributed by atoms with van der Waals surface area (Å²) in [6, 6.07) is -0.440. The molecule has 0 amide bonds. The maximum Gasteiger partial charge on any atom is 0.112 e. The first-order valence-corrected chi connectivity index (χ1v) is 1.74. The molecular formula is C3H7NO2. The number of hydrogen-bond acceptors (Lipinski definition) is 3. The van der Waals surface area contributed by atoms with Crippen molar-refractivity contribution < 1.29 is 5.11 Å². The van der Waals surface area contributed by atoms with Gasteiger partial charge in [0.05, 0.1) is 6.61 Å². The molecular weight excluding hydrogens is 82.0 g/mol. The fourth-order valence-corrected chi connectivity index (χ4v) is 0.0333. The van der Waals surface area contributed by atoms with Gasteiger partial charge in [-0.3, -0.25) is 0 Å². The fourth-order valence-electron chi connectivity index (χ4n) is 0.0333. The third kappa shape index (κ3) is 1.84. The first-order chi connectivity index (χ1) is 2.81. The van der Waals surface area contributed by atoms with Gasteiger partial charge in [0, 0.05) is 0 Å². The van der Waals surface area contributed by atoms with E-state index in [9.17, 15) is 4.91 Å². The Morgan fingerprint density at radius 2 is 2.50 bits per heavy atom. The first kappa shape index (κ1) is 5.56. The summed E-state index contributed by atoms with van der Waals surface area (Å²) in [5.74, 6) is 0. The Bertz CT molecular complexity index is 46.1. The van der Waals surface area contributed by atoms with Crippen molar-refractivity contribution in [1.82, 2.24) is 0 Å². The highest BCUT2D eigenvalue weighted by molar-refractivity contribution is 4.51. The van der Waals surface area contributed by atoms with Crippen molar-refractivity contribution in [3.8, 4) is 0 Å². The summed E-state index contributed by atoms with van der Waals surface area (Å²) >= 11 is 0. The van der Waals surface area contributed by atoms with Crippen molar-refractivity contribution in [1.29, 1.82) is 0 Å². The lowest BCUT2D eigenvalue weighted by molar-refractivity contribution is 0.274. The predicted molar refractivity (Wildman–Crippen MR) is 22.3 cm³/mol. The van der Waals surface area contributed by atoms with Crippen LogP contribution in [-0.4, -0.2) is 17.8 Å². The van der Waals surface area contributed by atoms with E-state index in [1.54, 1.807) is 6.92 Å². The molecule has 0 aromatic carbocycles. The van der Waals surface area contributed by atoms with Crippen LogP contribution in [0.2, 0.25) is 0 Å². The molecule has 0 aliphatic carbocycles. The largest absolute Gasteiger partial charge is 0.394 e. The SMILES string of the molecule is C[C@@H](CO)N=O. The number of nitroso groups, excluding NO2 is 1. The maximum absolute atomic E-state index is 9.33. The summed E-state index contributed by atoms with van der Waals surface area (Å²) < 4.78 is 0. The van der Waals surface area contributed by atoms with Crippen LogP contribution in [0.15, 0.2) is 5.18 Å². The minimum atomic E-state index is -0.440. The average Bonchev–Trinajstić information content (AvgIpc) is 1.65. The summed E-state index contributed by atoms with van der Waals surface area (Å²) in [6.07, 6.45) is 0. The van der Waals surface area contributed by atoms with Gasteiger partial charge in [-0.1, -0.05) is 5.18 Å². The van der Waals surface area contributed by atoms with Crippen molar-refractivity contribution in [2.45, 2.75) is 13.0 Å². The predicted octanol–water partition coefficient (Wildman–Crippen LogP) is 0.134. The third-order valence-electron chi connectivity index (χ3n) is 0.444. The Morgan fingerprint density at radius 3 is 2.50 bits per heavy atom. The van der Waals surface area contributed by atoms with Crippen LogP contribution in [-0.2, 0) is 0 Å². The van der Waals surface area contributed by atoms with E-state index in [0.29, 0.717) is 0 Å². The zero-order chi connectivity index (χ0) is 4.99. The minimum absolute atomic E-state index is 0.149. The molecule has 0 heterocycles. The van der Waals surface area contributed by atoms with Crippen LogP contribution >= 0.6 is 0 Å². The molecule has 0 aliphatic rings. The molecule has 0 fully saturated rings. The molecule has 0 spiro atoms. The number of aliphatic hydroxyl groups excluding tert-OH is 1. The molecule has 3 heteroatoms. The van der Waals surface area contributed by atoms with Crippen LogP contribution in [0.3, 0.4) is 0 Å². The number of aliphatic hydroxyl groups is 1. The van der Waals surface area contributed by atoms with Gasteiger partial charge in [-0.2, -0.15) is 4.91 Å². The molecule has 1 N–H and O–H groups in total. The van der Waals surface area contributed by atoms with E-state index < -0.39 is 6.04 Å². The van der Waals surface area contributed by atoms with E-state index in [1.807, 2.05) is 0 Å². The summed E-state index contributed by atoms with van der Waals surface area (Å²) in [5, 5.41) is 10.5. The topological polar surface area (TPSA) is 49.7 Å². The van der Waals surface area contributed by atoms with Gasteiger partial charge in [0.25, 0.3) is 0 Å². The lowest BCUT2D eigenvalue weighted by Crippen LogP contribution is -2.00. The summed E-state index contributed by atoms with van der Waals surface area (Å²) in [4.78, 5) is 9.33. The minimum Gasteiger partial charge on any atom is -0.394 e. The average molecular weight is 89.1 g/mol. The smallest absolute Gasteiger partial charge is 0.112 e. The van der Waals surface area contributed by atoms with Crippen molar-refractivity contribution in [2.75, 3.05) is 6.61 Å². The van der Waals surface area contributed by atoms with Crippen molar-refractivity contribution in [3.05, 3.63) is 4.91 Å². The summed E-state index contributed by atoms with van der Waals surface area (Å²) in [6.45, 7) is 1.40. The lowest BCUT2D eigenvalue weighted by Gasteiger charge is -1.88. The van der Waals surface area contributed by atoms with Crippen LogP contribution in [0.4, 0.5) is 0 Å². The first-order valence-electron chi connectivity index (χ1n) is 1.74. The Labute approximate surface area is 36.0 Å². The van der Waals surface area contributed by atoms with Crippen molar-refractivity contribution in [3.63, 3.8) is 0 Å². The lowest BCUT2D eigenvalue weighted by atomic mass is 10.4. The van der Waals surface area contributed by atoms with Gasteiger partial charge in [0.15, 0.2) is 0 Å². The zero-order valence-corrected chi connectivity index (χ0v) is 3.59. The molecule has 0 saturated carbocycles. The normalized spacial score (nSPS) is 13.7. The molecule has 0 radical (unpaired) electrons. The molecule has 3 nitrogen and oxygen atoms in total. The molecule has 6 heavy (non-hydrogen) atoms. The summed E-state index contributed by atoms with van der Waals surface area (Å²) in [7, 11) is 0. The standard InChI is InChI=1S/C3H7NO2/c1-3(2-5)4-6/h3,5H,2H2,1H3/t3-/m0/s1. The zero-order valence-electron chi connectivity index (χ0n) is 3.59. The van der Waals surface area contributed by atoms with E-state index >= 15 is 0 Å². The molecule has 1 atom stereocenters. The Kier molecular flexibility index (Phi) is 2.58. The van der Waals surface area contributed by atoms with Crippen LogP contribution in [0.5, 0.6) is 0 Å². The Hall–Kier alpha value is -0.440. The molecule has 0 unspecified atom stereocenters. The monoisotopic (exact) mass is 89.0 g/mol. The van der Waals surface area contributed by atoms with Gasteiger partial charge in [0.1, 0.15) is 6.04 Å². The van der Waals surface area contributed by atoms with E-state index in [-0.39, 0.29) is 6.61 Å². The van der Waals surface area contributed by atoms with E-state index in [2.05, 4.69) is 5.18 Å². The van der Waals surface area contributed by atoms with Gasteiger partial charge >= 0.3 is 0 Å². The Balaban J connectivity index is 2.96. The quantitative estimate of drug-likeness (QED) is 0.489. The highest BCUT2D eigenvalue weighted by Crippen LogP contribution is 1.80. The number of hydrogen-bond donors (Lipinski definition) is 1. The molecule has 0 aliphatic heterocycles.